The van der Waals surface area contributed by atoms with Crippen molar-refractivity contribution in [3.63, 3.8) is 0 Å². The lowest BCUT2D eigenvalue weighted by Gasteiger charge is -2.34. The van der Waals surface area contributed by atoms with Crippen LogP contribution in [-0.4, -0.2) is 29.8 Å². The van der Waals surface area contributed by atoms with Crippen molar-refractivity contribution in [3.05, 3.63) is 72.1 Å². The molecule has 0 amide bonds. The van der Waals surface area contributed by atoms with E-state index in [1.54, 1.807) is 0 Å². The Morgan fingerprint density at radius 3 is 2.54 bits per heavy atom. The molecule has 1 N–H and O–H groups in total. The van der Waals surface area contributed by atoms with Crippen molar-refractivity contribution in [2.45, 2.75) is 25.0 Å². The number of hydrogen-bond acceptors (Lipinski definition) is 5. The molecule has 0 fully saturated rings. The third-order valence-electron chi connectivity index (χ3n) is 4.09. The fraction of sp³-hybridized carbons (Fsp3) is 0.250. The third-order valence-corrected chi connectivity index (χ3v) is 4.09. The minimum Gasteiger partial charge on any atom is -0.382 e. The number of halogens is 4. The molecule has 2 atom stereocenters. The average Bonchev–Trinajstić information content (AvgIpc) is 3.07. The fourth-order valence-electron chi connectivity index (χ4n) is 2.72. The predicted molar refractivity (Wildman–Crippen MR) is 83.2 cm³/mol. The summed E-state index contributed by atoms with van der Waals surface area (Å²) < 4.78 is 43.0. The SMILES string of the molecule is C[C@@H](c1ncncc1F)[C@](O)(Cn1cncn1)c1ccc(F)cc1F.F. The van der Waals surface area contributed by atoms with Crippen molar-refractivity contribution in [2.75, 3.05) is 0 Å². The predicted octanol–water partition coefficient (Wildman–Crippen LogP) is 2.33. The van der Waals surface area contributed by atoms with Gasteiger partial charge in [0, 0.05) is 17.5 Å². The Morgan fingerprint density at radius 2 is 1.92 bits per heavy atom. The number of aliphatic hydroxyl groups is 1. The Hall–Kier alpha value is -2.88. The highest BCUT2D eigenvalue weighted by Crippen LogP contribution is 2.39. The van der Waals surface area contributed by atoms with E-state index in [4.69, 9.17) is 0 Å². The van der Waals surface area contributed by atoms with E-state index in [9.17, 15) is 18.3 Å². The number of rotatable bonds is 5. The van der Waals surface area contributed by atoms with E-state index >= 15 is 0 Å². The lowest BCUT2D eigenvalue weighted by molar-refractivity contribution is -0.0133. The molecule has 2 aromatic heterocycles. The van der Waals surface area contributed by atoms with Crippen molar-refractivity contribution >= 4 is 0 Å². The molecule has 2 heterocycles. The van der Waals surface area contributed by atoms with Crippen LogP contribution in [0, 0.1) is 17.5 Å². The van der Waals surface area contributed by atoms with Gasteiger partial charge in [0.2, 0.25) is 0 Å². The zero-order valence-corrected chi connectivity index (χ0v) is 13.6. The Labute approximate surface area is 145 Å². The number of hydrogen-bond donors (Lipinski definition) is 1. The first-order valence-corrected chi connectivity index (χ1v) is 7.37. The summed E-state index contributed by atoms with van der Waals surface area (Å²) in [7, 11) is 0. The molecule has 6 nitrogen and oxygen atoms in total. The van der Waals surface area contributed by atoms with Crippen LogP contribution in [0.15, 0.2) is 43.4 Å². The molecule has 1 aromatic carbocycles. The minimum atomic E-state index is -1.96. The Bertz CT molecular complexity index is 877. The summed E-state index contributed by atoms with van der Waals surface area (Å²) >= 11 is 0. The highest BCUT2D eigenvalue weighted by atomic mass is 19.1. The van der Waals surface area contributed by atoms with Gasteiger partial charge in [-0.05, 0) is 6.07 Å². The van der Waals surface area contributed by atoms with Crippen molar-refractivity contribution in [2.24, 2.45) is 0 Å². The lowest BCUT2D eigenvalue weighted by atomic mass is 9.79. The van der Waals surface area contributed by atoms with Gasteiger partial charge < -0.3 is 5.11 Å². The molecule has 3 rings (SSSR count). The molecule has 0 aliphatic rings. The molecule has 0 saturated heterocycles. The van der Waals surface area contributed by atoms with Crippen LogP contribution >= 0.6 is 0 Å². The molecule has 26 heavy (non-hydrogen) atoms. The molecule has 0 spiro atoms. The third kappa shape index (κ3) is 3.54. The van der Waals surface area contributed by atoms with E-state index in [0.29, 0.717) is 6.07 Å². The first-order valence-electron chi connectivity index (χ1n) is 7.37. The van der Waals surface area contributed by atoms with Gasteiger partial charge in [0.05, 0.1) is 18.4 Å². The molecule has 138 valence electrons. The van der Waals surface area contributed by atoms with Crippen LogP contribution < -0.4 is 0 Å². The molecule has 0 unspecified atom stereocenters. The average molecular weight is 369 g/mol. The van der Waals surface area contributed by atoms with Gasteiger partial charge in [0.25, 0.3) is 0 Å². The summed E-state index contributed by atoms with van der Waals surface area (Å²) in [6.07, 6.45) is 4.66. The van der Waals surface area contributed by atoms with Crippen LogP contribution in [-0.2, 0) is 12.1 Å². The second kappa shape index (κ2) is 7.56. The summed E-state index contributed by atoms with van der Waals surface area (Å²) in [5.74, 6) is -3.47. The highest BCUT2D eigenvalue weighted by Gasteiger charge is 2.41. The number of aromatic nitrogens is 5. The summed E-state index contributed by atoms with van der Waals surface area (Å²) in [5.41, 5.74) is -2.25. The van der Waals surface area contributed by atoms with Crippen molar-refractivity contribution in [3.8, 4) is 0 Å². The molecular formula is C16H15F4N5O. The molecule has 0 saturated carbocycles. The van der Waals surface area contributed by atoms with Gasteiger partial charge in [0.1, 0.15) is 36.2 Å². The minimum absolute atomic E-state index is 0. The molecule has 0 radical (unpaired) electrons. The van der Waals surface area contributed by atoms with Crippen molar-refractivity contribution in [1.29, 1.82) is 0 Å². The van der Waals surface area contributed by atoms with E-state index in [1.807, 2.05) is 0 Å². The maximum Gasteiger partial charge on any atom is 0.163 e. The smallest absolute Gasteiger partial charge is 0.163 e. The summed E-state index contributed by atoms with van der Waals surface area (Å²) in [6.45, 7) is 1.26. The second-order valence-electron chi connectivity index (χ2n) is 5.62. The normalized spacial score (nSPS) is 14.3. The lowest BCUT2D eigenvalue weighted by Crippen LogP contribution is -2.39. The van der Waals surface area contributed by atoms with Crippen LogP contribution in [0.2, 0.25) is 0 Å². The summed E-state index contributed by atoms with van der Waals surface area (Å²) in [4.78, 5) is 11.2. The molecule has 0 aliphatic heterocycles. The largest absolute Gasteiger partial charge is 0.382 e. The van der Waals surface area contributed by atoms with Crippen LogP contribution in [0.25, 0.3) is 0 Å². The van der Waals surface area contributed by atoms with Gasteiger partial charge in [-0.3, -0.25) is 4.70 Å². The molecule has 0 bridgehead atoms. The second-order valence-corrected chi connectivity index (χ2v) is 5.62. The van der Waals surface area contributed by atoms with Crippen LogP contribution in [0.3, 0.4) is 0 Å². The molecular weight excluding hydrogens is 354 g/mol. The fourth-order valence-corrected chi connectivity index (χ4v) is 2.72. The van der Waals surface area contributed by atoms with E-state index in [-0.39, 0.29) is 22.5 Å². The van der Waals surface area contributed by atoms with Crippen LogP contribution in [0.5, 0.6) is 0 Å². The maximum atomic E-state index is 14.4. The van der Waals surface area contributed by atoms with Crippen LogP contribution in [0.4, 0.5) is 17.9 Å². The van der Waals surface area contributed by atoms with E-state index in [0.717, 1.165) is 24.7 Å². The first kappa shape index (κ1) is 19.4. The number of nitrogens with zero attached hydrogens (tertiary/aromatic N) is 5. The Balaban J connectivity index is 0.00000243. The maximum absolute atomic E-state index is 14.4. The van der Waals surface area contributed by atoms with E-state index in [2.05, 4.69) is 20.1 Å². The Morgan fingerprint density at radius 1 is 1.15 bits per heavy atom. The highest BCUT2D eigenvalue weighted by molar-refractivity contribution is 5.30. The van der Waals surface area contributed by atoms with Gasteiger partial charge in [-0.25, -0.2) is 32.8 Å². The van der Waals surface area contributed by atoms with Gasteiger partial charge in [-0.15, -0.1) is 0 Å². The molecule has 3 aromatic rings. The van der Waals surface area contributed by atoms with Crippen molar-refractivity contribution < 1.29 is 23.0 Å². The summed E-state index contributed by atoms with van der Waals surface area (Å²) in [6, 6.07) is 2.80. The van der Waals surface area contributed by atoms with Gasteiger partial charge >= 0.3 is 0 Å². The van der Waals surface area contributed by atoms with E-state index < -0.39 is 29.0 Å². The number of benzene rings is 1. The first-order chi connectivity index (χ1) is 11.9. The van der Waals surface area contributed by atoms with Crippen molar-refractivity contribution in [1.82, 2.24) is 24.7 Å². The molecule has 0 aliphatic carbocycles. The standard InChI is InChI=1S/C16H14F3N5O.FH/c1-10(15-14(19)5-20-7-22-15)16(25,6-24-9-21-8-23-24)12-3-2-11(17)4-13(12)18;/h2-5,7-10,25H,6H2,1H3;1H/t10-,16+;/m0./s1. The van der Waals surface area contributed by atoms with Gasteiger partial charge in [0.15, 0.2) is 5.82 Å². The Kier molecular flexibility index (Phi) is 5.66. The van der Waals surface area contributed by atoms with Gasteiger partial charge in [-0.2, -0.15) is 5.10 Å². The molecule has 10 heteroatoms. The van der Waals surface area contributed by atoms with E-state index in [1.165, 1.54) is 24.3 Å². The quantitative estimate of drug-likeness (QED) is 0.699. The zero-order chi connectivity index (χ0) is 18.0. The summed E-state index contributed by atoms with van der Waals surface area (Å²) in [5, 5.41) is 15.2. The van der Waals surface area contributed by atoms with Crippen LogP contribution in [0.1, 0.15) is 24.1 Å². The monoisotopic (exact) mass is 369 g/mol. The zero-order valence-electron chi connectivity index (χ0n) is 13.6. The van der Waals surface area contributed by atoms with Gasteiger partial charge in [-0.1, -0.05) is 13.0 Å². The topological polar surface area (TPSA) is 76.7 Å².